The Kier molecular flexibility index (Phi) is 3.75. The van der Waals surface area contributed by atoms with Crippen LogP contribution in [0.15, 0.2) is 35.5 Å². The van der Waals surface area contributed by atoms with Crippen LogP contribution in [-0.4, -0.2) is 31.4 Å². The monoisotopic (exact) mass is 340 g/mol. The molecule has 2 heterocycles. The summed E-state index contributed by atoms with van der Waals surface area (Å²) in [5, 5.41) is 12.4. The van der Waals surface area contributed by atoms with Gasteiger partial charge in [-0.05, 0) is 18.2 Å². The first-order valence-corrected chi connectivity index (χ1v) is 7.53. The third-order valence-corrected chi connectivity index (χ3v) is 3.71. The first-order chi connectivity index (χ1) is 11.7. The summed E-state index contributed by atoms with van der Waals surface area (Å²) in [6, 6.07) is 5.05. The Morgan fingerprint density at radius 3 is 2.56 bits per heavy atom. The smallest absolute Gasteiger partial charge is 0.342 e. The predicted octanol–water partition coefficient (Wildman–Crippen LogP) is 1.93. The van der Waals surface area contributed by atoms with Crippen molar-refractivity contribution < 1.29 is 14.7 Å². The maximum atomic E-state index is 12.2. The molecule has 25 heavy (non-hydrogen) atoms. The second kappa shape index (κ2) is 5.66. The Bertz CT molecular complexity index is 1080. The number of amides is 1. The number of anilines is 1. The zero-order valence-electron chi connectivity index (χ0n) is 13.9. The fourth-order valence-electron chi connectivity index (χ4n) is 2.27. The molecule has 0 spiro atoms. The Balaban J connectivity index is 2.13. The van der Waals surface area contributed by atoms with E-state index in [2.05, 4.69) is 15.3 Å². The molecule has 0 bridgehead atoms. The molecule has 0 radical (unpaired) electrons. The number of hydrogen-bond acceptors (Lipinski definition) is 5. The highest BCUT2D eigenvalue weighted by atomic mass is 16.4. The number of carbonyl (C=O) groups excluding carboxylic acids is 1. The number of nitrogens with one attached hydrogen (secondary N) is 1. The second-order valence-electron chi connectivity index (χ2n) is 6.66. The molecule has 8 nitrogen and oxygen atoms in total. The molecule has 128 valence electrons. The Morgan fingerprint density at radius 1 is 1.20 bits per heavy atom. The number of carbonyl (C=O) groups is 2. The Labute approximate surface area is 142 Å². The van der Waals surface area contributed by atoms with Crippen molar-refractivity contribution in [1.29, 1.82) is 0 Å². The molecule has 0 saturated carbocycles. The first kappa shape index (κ1) is 16.6. The fourth-order valence-corrected chi connectivity index (χ4v) is 2.27. The van der Waals surface area contributed by atoms with Crippen molar-refractivity contribution in [2.24, 2.45) is 5.41 Å². The molecule has 1 aromatic carbocycles. The van der Waals surface area contributed by atoms with Gasteiger partial charge >= 0.3 is 5.97 Å². The number of carboxylic acid groups (broad SMARTS) is 1. The molecule has 0 saturated heterocycles. The predicted molar refractivity (Wildman–Crippen MR) is 91.8 cm³/mol. The SMILES string of the molecule is CC(C)(C)C(=O)Nc1ccc2c(c1)ncn1c(=O)c(C(=O)O)cnc21. The van der Waals surface area contributed by atoms with E-state index in [1.54, 1.807) is 18.2 Å². The maximum absolute atomic E-state index is 12.2. The molecule has 3 rings (SSSR count). The number of carboxylic acids is 1. The van der Waals surface area contributed by atoms with E-state index in [0.717, 1.165) is 10.6 Å². The van der Waals surface area contributed by atoms with Crippen LogP contribution in [0.1, 0.15) is 31.1 Å². The van der Waals surface area contributed by atoms with E-state index in [9.17, 15) is 14.4 Å². The van der Waals surface area contributed by atoms with Crippen LogP contribution in [0.5, 0.6) is 0 Å². The van der Waals surface area contributed by atoms with E-state index < -0.39 is 22.5 Å². The summed E-state index contributed by atoms with van der Waals surface area (Å²) in [6.45, 7) is 5.43. The number of aromatic carboxylic acids is 1. The lowest BCUT2D eigenvalue weighted by Gasteiger charge is -2.17. The van der Waals surface area contributed by atoms with Gasteiger partial charge in [0.1, 0.15) is 17.5 Å². The van der Waals surface area contributed by atoms with E-state index in [4.69, 9.17) is 5.11 Å². The summed E-state index contributed by atoms with van der Waals surface area (Å²) < 4.78 is 1.10. The maximum Gasteiger partial charge on any atom is 0.342 e. The van der Waals surface area contributed by atoms with Gasteiger partial charge in [-0.25, -0.2) is 19.2 Å². The lowest BCUT2D eigenvalue weighted by Crippen LogP contribution is -2.27. The minimum Gasteiger partial charge on any atom is -0.477 e. The van der Waals surface area contributed by atoms with Gasteiger partial charge in [0, 0.05) is 22.7 Å². The van der Waals surface area contributed by atoms with E-state index in [1.807, 2.05) is 20.8 Å². The number of nitrogens with zero attached hydrogens (tertiary/aromatic N) is 3. The van der Waals surface area contributed by atoms with Gasteiger partial charge in [0.2, 0.25) is 5.91 Å². The molecule has 0 aliphatic heterocycles. The number of benzene rings is 1. The molecule has 0 unspecified atom stereocenters. The zero-order chi connectivity index (χ0) is 18.4. The van der Waals surface area contributed by atoms with Gasteiger partial charge in [-0.15, -0.1) is 0 Å². The van der Waals surface area contributed by atoms with Crippen molar-refractivity contribution in [3.05, 3.63) is 46.6 Å². The Hall–Kier alpha value is -3.29. The number of fused-ring (bicyclic) bond motifs is 3. The van der Waals surface area contributed by atoms with E-state index in [0.29, 0.717) is 22.2 Å². The van der Waals surface area contributed by atoms with Gasteiger partial charge in [0.25, 0.3) is 5.56 Å². The van der Waals surface area contributed by atoms with Crippen molar-refractivity contribution in [2.75, 3.05) is 5.32 Å². The third-order valence-electron chi connectivity index (χ3n) is 3.71. The fraction of sp³-hybridized carbons (Fsp3) is 0.235. The summed E-state index contributed by atoms with van der Waals surface area (Å²) in [6.07, 6.45) is 2.27. The molecule has 0 atom stereocenters. The minimum atomic E-state index is -1.34. The number of rotatable bonds is 2. The van der Waals surface area contributed by atoms with Crippen LogP contribution in [-0.2, 0) is 4.79 Å². The second-order valence-corrected chi connectivity index (χ2v) is 6.66. The Morgan fingerprint density at radius 2 is 1.92 bits per heavy atom. The molecular weight excluding hydrogens is 324 g/mol. The standard InChI is InChI=1S/C17H16N4O4/c1-17(2,3)16(25)20-9-4-5-10-12(6-9)19-8-21-13(10)18-7-11(14(21)22)15(23)24/h4-8H,1-3H3,(H,20,25)(H,23,24). The van der Waals surface area contributed by atoms with Crippen molar-refractivity contribution >= 4 is 34.1 Å². The molecule has 1 amide bonds. The van der Waals surface area contributed by atoms with Gasteiger partial charge in [-0.3, -0.25) is 9.59 Å². The largest absolute Gasteiger partial charge is 0.477 e. The molecular formula is C17H16N4O4. The van der Waals surface area contributed by atoms with Gasteiger partial charge in [0.15, 0.2) is 0 Å². The summed E-state index contributed by atoms with van der Waals surface area (Å²) in [7, 11) is 0. The van der Waals surface area contributed by atoms with Crippen LogP contribution in [0.2, 0.25) is 0 Å². The van der Waals surface area contributed by atoms with E-state index in [-0.39, 0.29) is 5.91 Å². The summed E-state index contributed by atoms with van der Waals surface area (Å²) in [5.74, 6) is -1.47. The molecule has 0 aliphatic carbocycles. The average Bonchev–Trinajstić information content (AvgIpc) is 2.53. The van der Waals surface area contributed by atoms with Crippen molar-refractivity contribution in [1.82, 2.24) is 14.4 Å². The lowest BCUT2D eigenvalue weighted by atomic mass is 9.95. The van der Waals surface area contributed by atoms with Crippen LogP contribution in [0.4, 0.5) is 5.69 Å². The summed E-state index contributed by atoms with van der Waals surface area (Å²) in [4.78, 5) is 43.6. The topological polar surface area (TPSA) is 114 Å². The lowest BCUT2D eigenvalue weighted by molar-refractivity contribution is -0.123. The van der Waals surface area contributed by atoms with Crippen LogP contribution < -0.4 is 10.9 Å². The van der Waals surface area contributed by atoms with Crippen molar-refractivity contribution in [3.63, 3.8) is 0 Å². The highest BCUT2D eigenvalue weighted by Crippen LogP contribution is 2.22. The molecule has 2 N–H and O–H groups in total. The number of hydrogen-bond donors (Lipinski definition) is 2. The van der Waals surface area contributed by atoms with Crippen molar-refractivity contribution in [3.8, 4) is 0 Å². The molecule has 0 aliphatic rings. The molecule has 8 heteroatoms. The first-order valence-electron chi connectivity index (χ1n) is 7.53. The van der Waals surface area contributed by atoms with E-state index in [1.165, 1.54) is 6.33 Å². The van der Waals surface area contributed by atoms with Crippen LogP contribution in [0.3, 0.4) is 0 Å². The van der Waals surface area contributed by atoms with Gasteiger partial charge in [-0.1, -0.05) is 20.8 Å². The molecule has 2 aromatic heterocycles. The molecule has 3 aromatic rings. The summed E-state index contributed by atoms with van der Waals surface area (Å²) in [5.41, 5.74) is -0.248. The summed E-state index contributed by atoms with van der Waals surface area (Å²) >= 11 is 0. The van der Waals surface area contributed by atoms with Crippen LogP contribution in [0.25, 0.3) is 16.6 Å². The van der Waals surface area contributed by atoms with Gasteiger partial charge < -0.3 is 10.4 Å². The zero-order valence-corrected chi connectivity index (χ0v) is 13.9. The quantitative estimate of drug-likeness (QED) is 0.689. The van der Waals surface area contributed by atoms with E-state index >= 15 is 0 Å². The van der Waals surface area contributed by atoms with Crippen LogP contribution >= 0.6 is 0 Å². The highest BCUT2D eigenvalue weighted by Gasteiger charge is 2.21. The van der Waals surface area contributed by atoms with Gasteiger partial charge in [0.05, 0.1) is 5.52 Å². The molecule has 0 fully saturated rings. The van der Waals surface area contributed by atoms with Gasteiger partial charge in [-0.2, -0.15) is 0 Å². The average molecular weight is 340 g/mol. The third kappa shape index (κ3) is 2.93. The highest BCUT2D eigenvalue weighted by molar-refractivity contribution is 5.98. The van der Waals surface area contributed by atoms with Crippen molar-refractivity contribution in [2.45, 2.75) is 20.8 Å². The van der Waals surface area contributed by atoms with Crippen LogP contribution in [0, 0.1) is 5.41 Å². The number of aromatic nitrogens is 3. The normalized spacial score (nSPS) is 11.6. The minimum absolute atomic E-state index is 0.131.